The van der Waals surface area contributed by atoms with E-state index in [9.17, 15) is 8.42 Å². The van der Waals surface area contributed by atoms with Crippen LogP contribution < -0.4 is 18.9 Å². The fraction of sp³-hybridized carbons (Fsp3) is 0.158. The number of benzene rings is 2. The molecule has 2 aromatic carbocycles. The molecule has 0 saturated heterocycles. The summed E-state index contributed by atoms with van der Waals surface area (Å²) in [5.74, 6) is 1.38. The van der Waals surface area contributed by atoms with Gasteiger partial charge in [0, 0.05) is 17.0 Å². The molecule has 0 unspecified atom stereocenters. The highest BCUT2D eigenvalue weighted by atomic mass is 32.2. The normalized spacial score (nSPS) is 11.4. The molecule has 0 amide bonds. The number of ether oxygens (including phenoxy) is 3. The van der Waals surface area contributed by atoms with Gasteiger partial charge in [-0.3, -0.25) is 0 Å². The van der Waals surface area contributed by atoms with Gasteiger partial charge in [-0.2, -0.15) is 4.98 Å². The summed E-state index contributed by atoms with van der Waals surface area (Å²) in [6.07, 6.45) is 0. The van der Waals surface area contributed by atoms with Crippen molar-refractivity contribution in [1.29, 1.82) is 0 Å². The summed E-state index contributed by atoms with van der Waals surface area (Å²) >= 11 is 1.34. The molecule has 2 aromatic heterocycles. The molecule has 0 atom stereocenters. The quantitative estimate of drug-likeness (QED) is 0.464. The highest BCUT2D eigenvalue weighted by molar-refractivity contribution is 7.92. The highest BCUT2D eigenvalue weighted by Gasteiger charge is 2.21. The molecule has 156 valence electrons. The standard InChI is InChI=1S/C19H18N4O5S2/c1-26-15-7-5-4-6-13(15)14-11-29-19-20-18(21-23(14)19)22-30(24,25)12-8-9-16(27-2)17(10-12)28-3/h4-11H,1-3H3,(H,21,22). The molecule has 4 rings (SSSR count). The largest absolute Gasteiger partial charge is 0.496 e. The van der Waals surface area contributed by atoms with Gasteiger partial charge in [-0.15, -0.1) is 16.4 Å². The lowest BCUT2D eigenvalue weighted by Gasteiger charge is -2.10. The number of thiazole rings is 1. The number of rotatable bonds is 7. The molecule has 0 spiro atoms. The smallest absolute Gasteiger partial charge is 0.264 e. The van der Waals surface area contributed by atoms with Gasteiger partial charge in [0.05, 0.1) is 31.9 Å². The van der Waals surface area contributed by atoms with Gasteiger partial charge in [0.25, 0.3) is 16.0 Å². The Kier molecular flexibility index (Phi) is 5.22. The third-order valence-electron chi connectivity index (χ3n) is 4.36. The van der Waals surface area contributed by atoms with Gasteiger partial charge in [-0.1, -0.05) is 12.1 Å². The van der Waals surface area contributed by atoms with E-state index in [0.29, 0.717) is 22.2 Å². The van der Waals surface area contributed by atoms with E-state index >= 15 is 0 Å². The molecule has 9 nitrogen and oxygen atoms in total. The summed E-state index contributed by atoms with van der Waals surface area (Å²) in [7, 11) is 0.573. The maximum Gasteiger partial charge on any atom is 0.264 e. The SMILES string of the molecule is COc1ccc(S(=O)(=O)Nc2nc3scc(-c4ccccc4OC)n3n2)cc1OC. The van der Waals surface area contributed by atoms with Crippen molar-refractivity contribution in [3.05, 3.63) is 47.8 Å². The van der Waals surface area contributed by atoms with Gasteiger partial charge in [0.1, 0.15) is 5.75 Å². The van der Waals surface area contributed by atoms with Crippen LogP contribution in [0.4, 0.5) is 5.95 Å². The molecule has 2 heterocycles. The van der Waals surface area contributed by atoms with E-state index in [1.54, 1.807) is 11.6 Å². The number of fused-ring (bicyclic) bond motifs is 1. The number of para-hydroxylation sites is 1. The molecule has 0 fully saturated rings. The maximum atomic E-state index is 12.8. The first kappa shape index (κ1) is 20.0. The molecular formula is C19H18N4O5S2. The molecule has 0 bridgehead atoms. The Balaban J connectivity index is 1.69. The second-order valence-corrected chi connectivity index (χ2v) is 8.59. The molecule has 0 aliphatic heterocycles. The van der Waals surface area contributed by atoms with Gasteiger partial charge in [-0.25, -0.2) is 17.7 Å². The lowest BCUT2D eigenvalue weighted by atomic mass is 10.1. The molecular weight excluding hydrogens is 428 g/mol. The molecule has 4 aromatic rings. The zero-order valence-corrected chi connectivity index (χ0v) is 18.0. The fourth-order valence-corrected chi connectivity index (χ4v) is 4.71. The Morgan fingerprint density at radius 3 is 2.43 bits per heavy atom. The van der Waals surface area contributed by atoms with Crippen LogP contribution in [0.1, 0.15) is 0 Å². The van der Waals surface area contributed by atoms with E-state index in [1.807, 2.05) is 29.6 Å². The van der Waals surface area contributed by atoms with Crippen LogP contribution in [0.2, 0.25) is 0 Å². The second kappa shape index (κ2) is 7.84. The molecule has 0 radical (unpaired) electrons. The van der Waals surface area contributed by atoms with E-state index in [2.05, 4.69) is 14.8 Å². The van der Waals surface area contributed by atoms with Crippen molar-refractivity contribution in [2.24, 2.45) is 0 Å². The minimum atomic E-state index is -3.93. The minimum Gasteiger partial charge on any atom is -0.496 e. The van der Waals surface area contributed by atoms with Crippen LogP contribution in [0.3, 0.4) is 0 Å². The molecule has 11 heteroatoms. The van der Waals surface area contributed by atoms with Crippen molar-refractivity contribution in [3.8, 4) is 28.5 Å². The lowest BCUT2D eigenvalue weighted by molar-refractivity contribution is 0.354. The Labute approximate surface area is 176 Å². The van der Waals surface area contributed by atoms with Crippen molar-refractivity contribution in [1.82, 2.24) is 14.6 Å². The summed E-state index contributed by atoms with van der Waals surface area (Å²) in [5.41, 5.74) is 1.57. The van der Waals surface area contributed by atoms with E-state index in [1.165, 1.54) is 43.8 Å². The Morgan fingerprint density at radius 2 is 1.70 bits per heavy atom. The first-order chi connectivity index (χ1) is 14.5. The minimum absolute atomic E-state index is 0.00302. The fourth-order valence-electron chi connectivity index (χ4n) is 2.93. The van der Waals surface area contributed by atoms with Crippen LogP contribution in [-0.2, 0) is 10.0 Å². The average Bonchev–Trinajstić information content (AvgIpc) is 3.32. The van der Waals surface area contributed by atoms with E-state index in [4.69, 9.17) is 14.2 Å². The lowest BCUT2D eigenvalue weighted by Crippen LogP contribution is -2.14. The number of anilines is 1. The predicted octanol–water partition coefficient (Wildman–Crippen LogP) is 3.28. The zero-order valence-electron chi connectivity index (χ0n) is 16.3. The topological polar surface area (TPSA) is 104 Å². The van der Waals surface area contributed by atoms with Gasteiger partial charge in [-0.05, 0) is 24.3 Å². The van der Waals surface area contributed by atoms with Crippen LogP contribution in [-0.4, -0.2) is 44.3 Å². The first-order valence-corrected chi connectivity index (χ1v) is 11.1. The van der Waals surface area contributed by atoms with Gasteiger partial charge >= 0.3 is 0 Å². The van der Waals surface area contributed by atoms with Gasteiger partial charge < -0.3 is 14.2 Å². The molecule has 0 saturated carbocycles. The number of hydrogen-bond donors (Lipinski definition) is 1. The van der Waals surface area contributed by atoms with Gasteiger partial charge in [0.15, 0.2) is 11.5 Å². The number of nitrogens with zero attached hydrogens (tertiary/aromatic N) is 3. The van der Waals surface area contributed by atoms with Crippen molar-refractivity contribution >= 4 is 32.3 Å². The monoisotopic (exact) mass is 446 g/mol. The van der Waals surface area contributed by atoms with E-state index in [-0.39, 0.29) is 10.8 Å². The van der Waals surface area contributed by atoms with Gasteiger partial charge in [0.2, 0.25) is 4.96 Å². The first-order valence-electron chi connectivity index (χ1n) is 8.69. The summed E-state index contributed by atoms with van der Waals surface area (Å²) in [4.78, 5) is 4.83. The number of methoxy groups -OCH3 is 3. The van der Waals surface area contributed by atoms with E-state index < -0.39 is 10.0 Å². The maximum absolute atomic E-state index is 12.8. The summed E-state index contributed by atoms with van der Waals surface area (Å²) < 4.78 is 45.4. The third-order valence-corrected chi connectivity index (χ3v) is 6.50. The summed E-state index contributed by atoms with van der Waals surface area (Å²) in [5, 5.41) is 6.21. The predicted molar refractivity (Wildman–Crippen MR) is 113 cm³/mol. The number of aromatic nitrogens is 3. The van der Waals surface area contributed by atoms with Crippen LogP contribution >= 0.6 is 11.3 Å². The third kappa shape index (κ3) is 3.53. The second-order valence-electron chi connectivity index (χ2n) is 6.07. The number of nitrogens with one attached hydrogen (secondary N) is 1. The zero-order chi connectivity index (χ0) is 21.3. The number of sulfonamides is 1. The van der Waals surface area contributed by atoms with E-state index in [0.717, 1.165) is 11.3 Å². The molecule has 0 aliphatic carbocycles. The highest BCUT2D eigenvalue weighted by Crippen LogP contribution is 2.33. The van der Waals surface area contributed by atoms with Crippen LogP contribution in [0.15, 0.2) is 52.7 Å². The van der Waals surface area contributed by atoms with Crippen LogP contribution in [0, 0.1) is 0 Å². The molecule has 30 heavy (non-hydrogen) atoms. The van der Waals surface area contributed by atoms with Crippen molar-refractivity contribution in [2.45, 2.75) is 4.90 Å². The Hall–Kier alpha value is -3.31. The average molecular weight is 447 g/mol. The molecule has 0 aliphatic rings. The van der Waals surface area contributed by atoms with Crippen molar-refractivity contribution < 1.29 is 22.6 Å². The summed E-state index contributed by atoms with van der Waals surface area (Å²) in [6.45, 7) is 0. The summed E-state index contributed by atoms with van der Waals surface area (Å²) in [6, 6.07) is 11.8. The Bertz CT molecular complexity index is 1310. The number of hydrogen-bond acceptors (Lipinski definition) is 8. The van der Waals surface area contributed by atoms with Crippen molar-refractivity contribution in [2.75, 3.05) is 26.1 Å². The Morgan fingerprint density at radius 1 is 0.967 bits per heavy atom. The van der Waals surface area contributed by atoms with Crippen LogP contribution in [0.5, 0.6) is 17.2 Å². The van der Waals surface area contributed by atoms with Crippen LogP contribution in [0.25, 0.3) is 16.2 Å². The van der Waals surface area contributed by atoms with Crippen molar-refractivity contribution in [3.63, 3.8) is 0 Å². The molecule has 1 N–H and O–H groups in total.